The van der Waals surface area contributed by atoms with Gasteiger partial charge >= 0.3 is 0 Å². The Morgan fingerprint density at radius 3 is 2.95 bits per heavy atom. The molecule has 0 aliphatic heterocycles. The van der Waals surface area contributed by atoms with E-state index in [-0.39, 0.29) is 17.6 Å². The van der Waals surface area contributed by atoms with Gasteiger partial charge in [-0.1, -0.05) is 13.8 Å². The fraction of sp³-hybridized carbons (Fsp3) is 0.571. The van der Waals surface area contributed by atoms with Crippen molar-refractivity contribution in [2.24, 2.45) is 5.41 Å². The van der Waals surface area contributed by atoms with Gasteiger partial charge in [0.1, 0.15) is 5.82 Å². The van der Waals surface area contributed by atoms with Crippen LogP contribution in [0.1, 0.15) is 27.2 Å². The predicted molar refractivity (Wildman–Crippen MR) is 79.0 cm³/mol. The van der Waals surface area contributed by atoms with E-state index in [2.05, 4.69) is 34.4 Å². The third-order valence-electron chi connectivity index (χ3n) is 4.26. The molecule has 6 heteroatoms. The van der Waals surface area contributed by atoms with E-state index in [1.54, 1.807) is 6.20 Å². The summed E-state index contributed by atoms with van der Waals surface area (Å²) >= 11 is 0. The molecule has 0 spiro atoms. The van der Waals surface area contributed by atoms with Crippen LogP contribution in [0.15, 0.2) is 18.6 Å². The predicted octanol–water partition coefficient (Wildman–Crippen LogP) is 1.73. The molecule has 2 aromatic rings. The SMILES string of the molecule is CCNc1cn2ccnc2c(NC2CC(O)C2(C)C)n1. The van der Waals surface area contributed by atoms with E-state index in [9.17, 15) is 5.11 Å². The van der Waals surface area contributed by atoms with Gasteiger partial charge in [-0.25, -0.2) is 9.97 Å². The molecule has 2 unspecified atom stereocenters. The second kappa shape index (κ2) is 4.63. The Labute approximate surface area is 118 Å². The third kappa shape index (κ3) is 2.00. The molecular formula is C14H21N5O. The number of aliphatic hydroxyl groups excluding tert-OH is 1. The first-order chi connectivity index (χ1) is 9.52. The van der Waals surface area contributed by atoms with E-state index in [0.29, 0.717) is 0 Å². The molecule has 6 nitrogen and oxygen atoms in total. The molecule has 1 saturated carbocycles. The second-order valence-electron chi connectivity index (χ2n) is 5.93. The van der Waals surface area contributed by atoms with Crippen molar-refractivity contribution in [3.05, 3.63) is 18.6 Å². The Bertz CT molecular complexity index is 621. The molecule has 0 saturated heterocycles. The van der Waals surface area contributed by atoms with Crippen molar-refractivity contribution in [2.45, 2.75) is 39.3 Å². The summed E-state index contributed by atoms with van der Waals surface area (Å²) in [5.41, 5.74) is 0.670. The fourth-order valence-electron chi connectivity index (χ4n) is 2.61. The molecule has 108 valence electrons. The molecule has 1 fully saturated rings. The Balaban J connectivity index is 1.92. The zero-order chi connectivity index (χ0) is 14.3. The van der Waals surface area contributed by atoms with Gasteiger partial charge in [-0.3, -0.25) is 0 Å². The average molecular weight is 275 g/mol. The van der Waals surface area contributed by atoms with Crippen LogP contribution in [0, 0.1) is 5.41 Å². The number of imidazole rings is 1. The van der Waals surface area contributed by atoms with Gasteiger partial charge in [0.25, 0.3) is 0 Å². The molecule has 0 bridgehead atoms. The minimum Gasteiger partial charge on any atom is -0.392 e. The fourth-order valence-corrected chi connectivity index (χ4v) is 2.61. The molecule has 2 atom stereocenters. The summed E-state index contributed by atoms with van der Waals surface area (Å²) < 4.78 is 1.95. The summed E-state index contributed by atoms with van der Waals surface area (Å²) in [6.45, 7) is 6.99. The molecule has 0 amide bonds. The van der Waals surface area contributed by atoms with Crippen molar-refractivity contribution in [1.82, 2.24) is 14.4 Å². The van der Waals surface area contributed by atoms with Crippen LogP contribution >= 0.6 is 0 Å². The minimum absolute atomic E-state index is 0.139. The van der Waals surface area contributed by atoms with E-state index in [1.807, 2.05) is 23.7 Å². The van der Waals surface area contributed by atoms with Crippen LogP contribution in [0.4, 0.5) is 11.6 Å². The molecule has 20 heavy (non-hydrogen) atoms. The summed E-state index contributed by atoms with van der Waals surface area (Å²) in [5, 5.41) is 16.5. The molecular weight excluding hydrogens is 254 g/mol. The molecule has 2 aromatic heterocycles. The highest BCUT2D eigenvalue weighted by molar-refractivity contribution is 5.66. The van der Waals surface area contributed by atoms with E-state index in [0.717, 1.165) is 30.2 Å². The Kier molecular flexibility index (Phi) is 3.05. The van der Waals surface area contributed by atoms with Crippen molar-refractivity contribution in [2.75, 3.05) is 17.2 Å². The normalized spacial score (nSPS) is 24.4. The van der Waals surface area contributed by atoms with Crippen molar-refractivity contribution in [1.29, 1.82) is 0 Å². The maximum absolute atomic E-state index is 9.84. The summed E-state index contributed by atoms with van der Waals surface area (Å²) in [6, 6.07) is 0.211. The standard InChI is InChI=1S/C14H21N5O/c1-4-15-11-8-19-6-5-16-13(19)12(18-11)17-9-7-10(20)14(9,2)3/h5-6,8-10,15,20H,4,7H2,1-3H3,(H,17,18). The number of aromatic nitrogens is 3. The molecule has 2 heterocycles. The molecule has 1 aliphatic carbocycles. The summed E-state index contributed by atoms with van der Waals surface area (Å²) in [5.74, 6) is 1.58. The van der Waals surface area contributed by atoms with Gasteiger partial charge in [0.15, 0.2) is 11.5 Å². The van der Waals surface area contributed by atoms with Crippen molar-refractivity contribution < 1.29 is 5.11 Å². The van der Waals surface area contributed by atoms with Crippen LogP contribution in [0.2, 0.25) is 0 Å². The van der Waals surface area contributed by atoms with Crippen LogP contribution in [-0.2, 0) is 0 Å². The highest BCUT2D eigenvalue weighted by Gasteiger charge is 2.47. The zero-order valence-electron chi connectivity index (χ0n) is 12.1. The molecule has 0 radical (unpaired) electrons. The number of rotatable bonds is 4. The topological polar surface area (TPSA) is 74.5 Å². The largest absolute Gasteiger partial charge is 0.392 e. The second-order valence-corrected chi connectivity index (χ2v) is 5.93. The molecule has 3 N–H and O–H groups in total. The number of fused-ring (bicyclic) bond motifs is 1. The van der Waals surface area contributed by atoms with Gasteiger partial charge in [0.05, 0.1) is 12.3 Å². The van der Waals surface area contributed by atoms with E-state index < -0.39 is 0 Å². The van der Waals surface area contributed by atoms with Gasteiger partial charge in [0.2, 0.25) is 0 Å². The maximum atomic E-state index is 9.84. The van der Waals surface area contributed by atoms with Gasteiger partial charge in [-0.2, -0.15) is 0 Å². The molecule has 3 rings (SSSR count). The van der Waals surface area contributed by atoms with E-state index in [4.69, 9.17) is 0 Å². The number of nitrogens with one attached hydrogen (secondary N) is 2. The lowest BCUT2D eigenvalue weighted by molar-refractivity contribution is -0.0511. The van der Waals surface area contributed by atoms with Gasteiger partial charge in [-0.05, 0) is 13.3 Å². The lowest BCUT2D eigenvalue weighted by Gasteiger charge is -2.49. The van der Waals surface area contributed by atoms with Crippen LogP contribution in [0.5, 0.6) is 0 Å². The first-order valence-corrected chi connectivity index (χ1v) is 7.04. The smallest absolute Gasteiger partial charge is 0.180 e. The highest BCUT2D eigenvalue weighted by Crippen LogP contribution is 2.42. The summed E-state index contributed by atoms with van der Waals surface area (Å²) in [6.07, 6.45) is 6.08. The van der Waals surface area contributed by atoms with Crippen molar-refractivity contribution in [3.63, 3.8) is 0 Å². The third-order valence-corrected chi connectivity index (χ3v) is 4.26. The highest BCUT2D eigenvalue weighted by atomic mass is 16.3. The first kappa shape index (κ1) is 13.2. The monoisotopic (exact) mass is 275 g/mol. The zero-order valence-corrected chi connectivity index (χ0v) is 12.1. The van der Waals surface area contributed by atoms with Crippen molar-refractivity contribution >= 4 is 17.3 Å². The first-order valence-electron chi connectivity index (χ1n) is 7.04. The summed E-state index contributed by atoms with van der Waals surface area (Å²) in [7, 11) is 0. The lowest BCUT2D eigenvalue weighted by atomic mass is 9.64. The van der Waals surface area contributed by atoms with Gasteiger partial charge in [-0.15, -0.1) is 0 Å². The number of hydrogen-bond acceptors (Lipinski definition) is 5. The van der Waals surface area contributed by atoms with Crippen LogP contribution in [0.25, 0.3) is 5.65 Å². The maximum Gasteiger partial charge on any atom is 0.180 e. The Morgan fingerprint density at radius 2 is 2.30 bits per heavy atom. The van der Waals surface area contributed by atoms with Crippen molar-refractivity contribution in [3.8, 4) is 0 Å². The molecule has 0 aromatic carbocycles. The Morgan fingerprint density at radius 1 is 1.50 bits per heavy atom. The van der Waals surface area contributed by atoms with E-state index in [1.165, 1.54) is 0 Å². The quantitative estimate of drug-likeness (QED) is 0.792. The molecule has 1 aliphatic rings. The van der Waals surface area contributed by atoms with Gasteiger partial charge in [0, 0.05) is 30.4 Å². The minimum atomic E-state index is -0.257. The Hall–Kier alpha value is -1.82. The average Bonchev–Trinajstić information content (AvgIpc) is 2.87. The summed E-state index contributed by atoms with van der Waals surface area (Å²) in [4.78, 5) is 8.93. The lowest BCUT2D eigenvalue weighted by Crippen LogP contribution is -2.57. The number of aliphatic hydroxyl groups is 1. The number of anilines is 2. The van der Waals surface area contributed by atoms with Crippen LogP contribution in [0.3, 0.4) is 0 Å². The van der Waals surface area contributed by atoms with E-state index >= 15 is 0 Å². The van der Waals surface area contributed by atoms with Gasteiger partial charge < -0.3 is 20.1 Å². The van der Waals surface area contributed by atoms with Crippen LogP contribution in [-0.4, -0.2) is 38.2 Å². The number of nitrogens with zero attached hydrogens (tertiary/aromatic N) is 3. The number of hydrogen-bond donors (Lipinski definition) is 3. The van der Waals surface area contributed by atoms with Crippen LogP contribution < -0.4 is 10.6 Å².